The topological polar surface area (TPSA) is 68.0 Å². The van der Waals surface area contributed by atoms with Gasteiger partial charge in [-0.05, 0) is 42.3 Å². The predicted molar refractivity (Wildman–Crippen MR) is 76.1 cm³/mol. The van der Waals surface area contributed by atoms with Crippen LogP contribution in [0.25, 0.3) is 0 Å². The van der Waals surface area contributed by atoms with Crippen molar-refractivity contribution in [3.05, 3.63) is 45.5 Å². The zero-order valence-electron chi connectivity index (χ0n) is 10.7. The number of aromatic nitrogens is 1. The van der Waals surface area contributed by atoms with E-state index in [9.17, 15) is 9.18 Å². The average molecular weight is 291 g/mol. The van der Waals surface area contributed by atoms with Gasteiger partial charge in [0.05, 0.1) is 11.6 Å². The summed E-state index contributed by atoms with van der Waals surface area (Å²) in [6.07, 6.45) is 4.29. The number of rotatable bonds is 2. The second-order valence-electron chi connectivity index (χ2n) is 4.78. The first-order chi connectivity index (χ1) is 9.66. The van der Waals surface area contributed by atoms with E-state index in [0.29, 0.717) is 0 Å². The summed E-state index contributed by atoms with van der Waals surface area (Å²) in [5.74, 6) is -1.45. The third-order valence-electron chi connectivity index (χ3n) is 3.52. The van der Waals surface area contributed by atoms with E-state index in [0.717, 1.165) is 24.8 Å². The van der Waals surface area contributed by atoms with E-state index >= 15 is 0 Å². The predicted octanol–water partition coefficient (Wildman–Crippen LogP) is 2.67. The number of anilines is 1. The van der Waals surface area contributed by atoms with Crippen molar-refractivity contribution in [3.63, 3.8) is 0 Å². The lowest BCUT2D eigenvalue weighted by atomic mass is 9.94. The molecule has 0 saturated heterocycles. The summed E-state index contributed by atoms with van der Waals surface area (Å²) in [5.41, 5.74) is 6.48. The quantitative estimate of drug-likeness (QED) is 0.894. The number of nitrogens with one attached hydrogen (secondary N) is 1. The number of carbonyl (C=O) groups excluding carboxylic acids is 1. The molecule has 0 fully saturated rings. The van der Waals surface area contributed by atoms with Gasteiger partial charge in [-0.3, -0.25) is 4.79 Å². The number of aryl methyl sites for hydroxylation is 1. The number of hydrogen-bond donors (Lipinski definition) is 2. The van der Waals surface area contributed by atoms with Crippen LogP contribution in [0.5, 0.6) is 0 Å². The normalized spacial score (nSPS) is 17.6. The van der Waals surface area contributed by atoms with E-state index in [2.05, 4.69) is 10.3 Å². The lowest BCUT2D eigenvalue weighted by molar-refractivity contribution is 0.0929. The van der Waals surface area contributed by atoms with Crippen molar-refractivity contribution in [2.45, 2.75) is 25.3 Å². The Hall–Kier alpha value is -1.95. The Morgan fingerprint density at radius 2 is 2.35 bits per heavy atom. The van der Waals surface area contributed by atoms with Crippen molar-refractivity contribution in [1.29, 1.82) is 0 Å². The minimum Gasteiger partial charge on any atom is -0.381 e. The first-order valence-corrected chi connectivity index (χ1v) is 7.32. The number of halogens is 1. The van der Waals surface area contributed by atoms with Gasteiger partial charge in [0.1, 0.15) is 0 Å². The van der Waals surface area contributed by atoms with Crippen molar-refractivity contribution in [2.24, 2.45) is 0 Å². The molecule has 0 spiro atoms. The minimum absolute atomic E-state index is 0.0497. The lowest BCUT2D eigenvalue weighted by Crippen LogP contribution is -2.31. The second kappa shape index (κ2) is 5.20. The molecule has 104 valence electrons. The first-order valence-electron chi connectivity index (χ1n) is 6.44. The van der Waals surface area contributed by atoms with Gasteiger partial charge in [-0.15, -0.1) is 11.3 Å². The number of amides is 1. The van der Waals surface area contributed by atoms with Gasteiger partial charge < -0.3 is 11.1 Å². The van der Waals surface area contributed by atoms with E-state index < -0.39 is 11.7 Å². The highest BCUT2D eigenvalue weighted by atomic mass is 32.1. The number of nitrogen functional groups attached to an aromatic ring is 1. The number of hydrogen-bond acceptors (Lipinski definition) is 4. The molecule has 2 aromatic heterocycles. The molecule has 1 aliphatic rings. The zero-order chi connectivity index (χ0) is 14.1. The van der Waals surface area contributed by atoms with Crippen molar-refractivity contribution in [1.82, 2.24) is 10.3 Å². The molecule has 3 rings (SSSR count). The van der Waals surface area contributed by atoms with Crippen LogP contribution in [0.3, 0.4) is 0 Å². The summed E-state index contributed by atoms with van der Waals surface area (Å²) in [4.78, 5) is 17.1. The van der Waals surface area contributed by atoms with Crippen LogP contribution < -0.4 is 11.1 Å². The molecule has 20 heavy (non-hydrogen) atoms. The Morgan fingerprint density at radius 3 is 3.20 bits per heavy atom. The standard InChI is InChI=1S/C14H14FN3OS/c15-12-9(4-6-17-13(12)16)14(19)18-10-2-1-3-11-8(10)5-7-20-11/h4-7,10H,1-3H2,(H2,16,17)(H,18,19). The number of fused-ring (bicyclic) bond motifs is 1. The fourth-order valence-corrected chi connectivity index (χ4v) is 3.50. The Kier molecular flexibility index (Phi) is 3.40. The minimum atomic E-state index is -0.758. The highest BCUT2D eigenvalue weighted by Crippen LogP contribution is 2.33. The molecule has 1 atom stereocenters. The highest BCUT2D eigenvalue weighted by molar-refractivity contribution is 7.10. The molecule has 2 aromatic rings. The summed E-state index contributed by atoms with van der Waals surface area (Å²) in [7, 11) is 0. The summed E-state index contributed by atoms with van der Waals surface area (Å²) in [6.45, 7) is 0. The second-order valence-corrected chi connectivity index (χ2v) is 5.78. The van der Waals surface area contributed by atoms with E-state index in [1.54, 1.807) is 11.3 Å². The molecule has 4 nitrogen and oxygen atoms in total. The van der Waals surface area contributed by atoms with E-state index in [4.69, 9.17) is 5.73 Å². The Labute approximate surface area is 119 Å². The van der Waals surface area contributed by atoms with Gasteiger partial charge in [-0.1, -0.05) is 0 Å². The van der Waals surface area contributed by atoms with E-state index in [1.807, 2.05) is 11.4 Å². The third-order valence-corrected chi connectivity index (χ3v) is 4.51. The first kappa shape index (κ1) is 13.1. The van der Waals surface area contributed by atoms with Crippen molar-refractivity contribution in [2.75, 3.05) is 5.73 Å². The number of pyridine rings is 1. The van der Waals surface area contributed by atoms with Gasteiger partial charge in [0, 0.05) is 11.1 Å². The van der Waals surface area contributed by atoms with Crippen molar-refractivity contribution >= 4 is 23.1 Å². The van der Waals surface area contributed by atoms with Crippen LogP contribution in [0.15, 0.2) is 23.7 Å². The van der Waals surface area contributed by atoms with Crippen LogP contribution in [0.4, 0.5) is 10.2 Å². The van der Waals surface area contributed by atoms with Crippen LogP contribution in [-0.2, 0) is 6.42 Å². The van der Waals surface area contributed by atoms with Gasteiger partial charge in [0.25, 0.3) is 5.91 Å². The molecule has 3 N–H and O–H groups in total. The van der Waals surface area contributed by atoms with Crippen LogP contribution in [0, 0.1) is 5.82 Å². The summed E-state index contributed by atoms with van der Waals surface area (Å²) >= 11 is 1.70. The van der Waals surface area contributed by atoms with Crippen LogP contribution in [-0.4, -0.2) is 10.9 Å². The molecular weight excluding hydrogens is 277 g/mol. The maximum atomic E-state index is 13.8. The lowest BCUT2D eigenvalue weighted by Gasteiger charge is -2.23. The van der Waals surface area contributed by atoms with Gasteiger partial charge in [-0.25, -0.2) is 9.37 Å². The molecule has 0 radical (unpaired) electrons. The summed E-state index contributed by atoms with van der Waals surface area (Å²) in [6, 6.07) is 3.33. The van der Waals surface area contributed by atoms with E-state index in [1.165, 1.54) is 17.1 Å². The maximum Gasteiger partial charge on any atom is 0.254 e. The van der Waals surface area contributed by atoms with Gasteiger partial charge in [-0.2, -0.15) is 0 Å². The maximum absolute atomic E-state index is 13.8. The fraction of sp³-hybridized carbons (Fsp3) is 0.286. The molecule has 1 aliphatic carbocycles. The zero-order valence-corrected chi connectivity index (χ0v) is 11.5. The molecule has 0 aromatic carbocycles. The molecule has 1 amide bonds. The van der Waals surface area contributed by atoms with E-state index in [-0.39, 0.29) is 17.4 Å². The number of carbonyl (C=O) groups is 1. The summed E-state index contributed by atoms with van der Waals surface area (Å²) in [5, 5.41) is 4.92. The van der Waals surface area contributed by atoms with Crippen LogP contribution in [0.2, 0.25) is 0 Å². The number of thiophene rings is 1. The third kappa shape index (κ3) is 2.27. The monoisotopic (exact) mass is 291 g/mol. The fourth-order valence-electron chi connectivity index (χ4n) is 2.51. The number of nitrogens with zero attached hydrogens (tertiary/aromatic N) is 1. The van der Waals surface area contributed by atoms with Gasteiger partial charge in [0.15, 0.2) is 11.6 Å². The molecule has 0 bridgehead atoms. The van der Waals surface area contributed by atoms with Crippen LogP contribution >= 0.6 is 11.3 Å². The largest absolute Gasteiger partial charge is 0.381 e. The molecule has 0 saturated carbocycles. The molecule has 6 heteroatoms. The Morgan fingerprint density at radius 1 is 1.50 bits per heavy atom. The smallest absolute Gasteiger partial charge is 0.254 e. The summed E-state index contributed by atoms with van der Waals surface area (Å²) < 4.78 is 13.8. The molecule has 0 aliphatic heterocycles. The SMILES string of the molecule is Nc1nccc(C(=O)NC2CCCc3sccc32)c1F. The van der Waals surface area contributed by atoms with Crippen LogP contribution in [0.1, 0.15) is 39.7 Å². The average Bonchev–Trinajstić information content (AvgIpc) is 2.91. The van der Waals surface area contributed by atoms with Gasteiger partial charge in [0.2, 0.25) is 0 Å². The molecule has 1 unspecified atom stereocenters. The van der Waals surface area contributed by atoms with Crippen molar-refractivity contribution < 1.29 is 9.18 Å². The number of nitrogens with two attached hydrogens (primary N) is 1. The Bertz CT molecular complexity index is 656. The van der Waals surface area contributed by atoms with Crippen molar-refractivity contribution in [3.8, 4) is 0 Å². The molecule has 2 heterocycles. The molecular formula is C14H14FN3OS. The Balaban J connectivity index is 1.83. The van der Waals surface area contributed by atoms with Gasteiger partial charge >= 0.3 is 0 Å². The highest BCUT2D eigenvalue weighted by Gasteiger charge is 2.24.